The van der Waals surface area contributed by atoms with Gasteiger partial charge in [0.25, 0.3) is 17.2 Å². The summed E-state index contributed by atoms with van der Waals surface area (Å²) in [5.41, 5.74) is 4.53. The Kier molecular flexibility index (Phi) is 40.3. The molecule has 4 aliphatic heterocycles. The maximum Gasteiger partial charge on any atom is 0.418 e. The number of pyridine rings is 3. The molecular weight excluding hydrogens is 1770 g/mol. The van der Waals surface area contributed by atoms with Gasteiger partial charge < -0.3 is 87.2 Å². The van der Waals surface area contributed by atoms with Crippen LogP contribution in [0.3, 0.4) is 0 Å². The quantitative estimate of drug-likeness (QED) is 0.0108. The molecule has 7 aromatic rings. The zero-order chi connectivity index (χ0) is 97.7. The molecule has 8 heterocycles. The number of alkyl halides is 3. The highest BCUT2D eigenvalue weighted by molar-refractivity contribution is 6.39. The molecule has 33 heteroatoms. The number of piperazine rings is 1. The number of ketones is 2. The lowest BCUT2D eigenvalue weighted by Crippen LogP contribution is -2.61. The van der Waals surface area contributed by atoms with Crippen molar-refractivity contribution in [2.45, 2.75) is 218 Å². The number of nitrogens with one attached hydrogen (secondary N) is 1. The molecule has 4 fully saturated rings. The number of piperidine rings is 1. The summed E-state index contributed by atoms with van der Waals surface area (Å²) >= 11 is 0. The number of carbonyl (C=O) groups excluding carboxylic acids is 5. The normalized spacial score (nSPS) is 26.3. The van der Waals surface area contributed by atoms with Gasteiger partial charge in [0.1, 0.15) is 30.1 Å². The summed E-state index contributed by atoms with van der Waals surface area (Å²) in [4.78, 5) is 99.2. The molecule has 1 saturated carbocycles. The number of anilines is 1. The number of aromatic nitrogens is 6. The maximum atomic E-state index is 15.1. The van der Waals surface area contributed by atoms with Crippen molar-refractivity contribution >= 4 is 73.5 Å². The number of halogens is 3. The molecule has 5 aliphatic rings. The van der Waals surface area contributed by atoms with Crippen molar-refractivity contribution in [2.24, 2.45) is 35.5 Å². The number of methoxy groups -OCH3 is 3. The predicted molar refractivity (Wildman–Crippen MR) is 513 cm³/mol. The number of cyclic esters (lactones) is 1. The first-order chi connectivity index (χ1) is 66.0. The number of rotatable bonds is 36. The van der Waals surface area contributed by atoms with Crippen LogP contribution in [0.25, 0.3) is 49.5 Å². The molecule has 3 saturated heterocycles. The van der Waals surface area contributed by atoms with Gasteiger partial charge in [-0.05, 0) is 186 Å². The predicted octanol–water partition coefficient (Wildman–Crippen LogP) is 14.2. The van der Waals surface area contributed by atoms with E-state index >= 15 is 13.2 Å². The van der Waals surface area contributed by atoms with Crippen molar-refractivity contribution in [1.29, 1.82) is 5.41 Å². The van der Waals surface area contributed by atoms with Crippen LogP contribution in [0.15, 0.2) is 150 Å². The third kappa shape index (κ3) is 29.2. The molecule has 3 aromatic carbocycles. The van der Waals surface area contributed by atoms with Crippen LogP contribution < -0.4 is 10.5 Å². The lowest BCUT2D eigenvalue weighted by Gasteiger charge is -2.42. The fourth-order valence-electron chi connectivity index (χ4n) is 19.1. The minimum atomic E-state index is -4.76. The minimum Gasteiger partial charge on any atom is -0.460 e. The lowest BCUT2D eigenvalue weighted by molar-refractivity contribution is -0.265. The number of aliphatic hydroxyl groups excluding tert-OH is 1. The zero-order valence-corrected chi connectivity index (χ0v) is 80.9. The van der Waals surface area contributed by atoms with Crippen LogP contribution in [-0.2, 0) is 100.0 Å². The van der Waals surface area contributed by atoms with Crippen molar-refractivity contribution in [1.82, 2.24) is 39.3 Å². The largest absolute Gasteiger partial charge is 0.460 e. The van der Waals surface area contributed by atoms with Crippen LogP contribution in [0.2, 0.25) is 0 Å². The Hall–Kier alpha value is -9.72. The first kappa shape index (κ1) is 106. The Labute approximate surface area is 800 Å². The standard InChI is InChI=1S/C104H139F3N10O20/c1-68-20-12-11-13-21-69(2)91(126-8)63-82-31-26-74(7)103(125,137-82)100(122)101(123)116-37-18-16-25-88(116)102(124)136-92(64-89(118)70(3)57-73(6)98(121)99(128-10)96(108)72(5)56-68)71(4)58-75-27-34-90(93(59-75)127-9)135-43-19-17-23-80-67-115(112-111-80)42-45-130-47-49-132-51-53-134-55-54-133-52-50-131-48-46-129-44-36-94(119)114-40-38-113(39-41-114)87-33-30-81(62-84(87)104(105,106)107)117-95(120)35-29-78-65-110-86-32-28-76(61-83(86)97(78)117)79-60-77-22-14-15-24-85(77)109-66-79/h11-15,20-22,24,28-30,32-33,35,57,60-62,65-68,70-72,74-75,82,88,90-93,98-99,108,121,125H,16-19,23,25-27,31,34,36-56,58-59,63-64H2,1-10H3/b13-11+,20-12+,69-21+,73-57+,108-96?/t68-,70-,71-,72-,74-,75+,82+,88+,90-,91+,92+,93-,98-,99+,103-/m1/s1. The van der Waals surface area contributed by atoms with E-state index < -0.39 is 89.1 Å². The van der Waals surface area contributed by atoms with E-state index in [0.29, 0.717) is 158 Å². The van der Waals surface area contributed by atoms with E-state index in [1.807, 2.05) is 106 Å². The van der Waals surface area contributed by atoms with Gasteiger partial charge in [0.15, 0.2) is 0 Å². The van der Waals surface area contributed by atoms with Crippen molar-refractivity contribution in [3.8, 4) is 16.8 Å². The Morgan fingerprint density at radius 3 is 2.09 bits per heavy atom. The van der Waals surface area contributed by atoms with Crippen molar-refractivity contribution in [2.75, 3.05) is 145 Å². The van der Waals surface area contributed by atoms with E-state index in [2.05, 4.69) is 27.2 Å². The molecule has 2 bridgehead atoms. The molecular formula is C104H139F3N10O20. The zero-order valence-electron chi connectivity index (χ0n) is 80.9. The van der Waals surface area contributed by atoms with Gasteiger partial charge in [-0.1, -0.05) is 101 Å². The summed E-state index contributed by atoms with van der Waals surface area (Å²) in [7, 11) is 4.73. The molecule has 3 N–H and O–H groups in total. The number of nitrogens with zero attached hydrogens (tertiary/aromatic N) is 9. The fourth-order valence-corrected chi connectivity index (χ4v) is 19.1. The van der Waals surface area contributed by atoms with Gasteiger partial charge in [0.05, 0.1) is 150 Å². The maximum absolute atomic E-state index is 15.1. The minimum absolute atomic E-state index is 0.0356. The lowest BCUT2D eigenvalue weighted by atomic mass is 9.78. The molecule has 137 heavy (non-hydrogen) atoms. The van der Waals surface area contributed by atoms with Gasteiger partial charge in [-0.3, -0.25) is 38.5 Å². The van der Waals surface area contributed by atoms with Crippen LogP contribution in [0, 0.1) is 40.9 Å². The second kappa shape index (κ2) is 52.0. The van der Waals surface area contributed by atoms with Gasteiger partial charge >= 0.3 is 12.1 Å². The molecule has 4 aromatic heterocycles. The number of amides is 2. The number of fused-ring (bicyclic) bond motifs is 7. The number of Topliss-reactive ketones (excluding diaryl/α,β-unsaturated/α-hetero) is 2. The summed E-state index contributed by atoms with van der Waals surface area (Å²) < 4.78 is 119. The summed E-state index contributed by atoms with van der Waals surface area (Å²) in [6.07, 6.45) is 15.5. The van der Waals surface area contributed by atoms with Crippen LogP contribution in [0.5, 0.6) is 0 Å². The molecule has 0 unspecified atom stereocenters. The van der Waals surface area contributed by atoms with E-state index in [4.69, 9.17) is 62.3 Å². The van der Waals surface area contributed by atoms with Crippen LogP contribution in [0.1, 0.15) is 156 Å². The van der Waals surface area contributed by atoms with Gasteiger partial charge in [-0.15, -0.1) is 5.10 Å². The Morgan fingerprint density at radius 2 is 1.39 bits per heavy atom. The first-order valence-corrected chi connectivity index (χ1v) is 48.6. The second-order valence-corrected chi connectivity index (χ2v) is 37.1. The molecule has 12 rings (SSSR count). The number of unbranched alkanes of at least 4 members (excludes halogenated alkanes) is 1. The topological polar surface area (TPSA) is 349 Å². The molecule has 0 radical (unpaired) electrons. The number of hydrogen-bond donors (Lipinski definition) is 3. The van der Waals surface area contributed by atoms with Crippen molar-refractivity contribution < 1.29 is 104 Å². The SMILES string of the molecule is CO[C@H]1C[C@@H]2CC[C@@H](C)[C@@](O)(O2)C(=O)C(=O)N2CCCC[C@H]2C(=O)O[C@H]([C@H](C)C[C@@H]2CC[C@@H](OCCCCc3cn(CCOCCOCCOCCOCCOCCOCCC(=O)N4CCN(c5ccc(-n6c(=O)ccc7cnc8ccc(-c9cnc%10ccccc%10c9)cc8c76)cc5C(F)(F)F)CC4)nn3)[C@H](OC)C2)CC(=O)[C@H](C)/C=C(\C)[C@@H](O)[C@@H](OC)C(=N)[C@H](C)C[C@H](C)/C=C/C=C/C=C/1C. The average Bonchev–Trinajstić information content (AvgIpc) is 0.936. The number of benzene rings is 3. The number of carbonyl (C=O) groups is 5. The third-order valence-corrected chi connectivity index (χ3v) is 27.2. The van der Waals surface area contributed by atoms with E-state index in [0.717, 1.165) is 71.5 Å². The van der Waals surface area contributed by atoms with Gasteiger partial charge in [0, 0.05) is 143 Å². The Bertz CT molecular complexity index is 5350. The molecule has 15 atom stereocenters. The van der Waals surface area contributed by atoms with E-state index in [1.54, 1.807) is 74.0 Å². The highest BCUT2D eigenvalue weighted by atomic mass is 19.4. The summed E-state index contributed by atoms with van der Waals surface area (Å²) in [6, 6.07) is 21.1. The van der Waals surface area contributed by atoms with Crippen molar-refractivity contribution in [3.63, 3.8) is 0 Å². The molecule has 746 valence electrons. The Balaban J connectivity index is 0.500. The van der Waals surface area contributed by atoms with Gasteiger partial charge in [-0.2, -0.15) is 13.2 Å². The summed E-state index contributed by atoms with van der Waals surface area (Å²) in [5, 5.41) is 43.9. The molecule has 1 aliphatic carbocycles. The molecule has 0 spiro atoms. The van der Waals surface area contributed by atoms with E-state index in [9.17, 15) is 39.0 Å². The third-order valence-electron chi connectivity index (χ3n) is 27.2. The monoisotopic (exact) mass is 1910 g/mol. The summed E-state index contributed by atoms with van der Waals surface area (Å²) in [5.74, 6) is -7.73. The van der Waals surface area contributed by atoms with Crippen molar-refractivity contribution in [3.05, 3.63) is 167 Å². The summed E-state index contributed by atoms with van der Waals surface area (Å²) in [6.45, 7) is 19.0. The van der Waals surface area contributed by atoms with E-state index in [-0.39, 0.29) is 130 Å². The average molecular weight is 1910 g/mol. The van der Waals surface area contributed by atoms with Crippen LogP contribution in [0.4, 0.5) is 18.9 Å². The molecule has 30 nitrogen and oxygen atoms in total. The van der Waals surface area contributed by atoms with Gasteiger partial charge in [0.2, 0.25) is 11.7 Å². The first-order valence-electron chi connectivity index (χ1n) is 48.6. The Morgan fingerprint density at radius 1 is 0.679 bits per heavy atom. The number of hydrogen-bond acceptors (Lipinski definition) is 26. The van der Waals surface area contributed by atoms with Crippen LogP contribution >= 0.6 is 0 Å². The van der Waals surface area contributed by atoms with Gasteiger partial charge in [-0.25, -0.2) is 9.48 Å². The van der Waals surface area contributed by atoms with Crippen LogP contribution in [-0.4, -0.2) is 279 Å². The van der Waals surface area contributed by atoms with E-state index in [1.165, 1.54) is 34.8 Å². The number of aryl methyl sites for hydroxylation is 1. The number of para-hydroxylation sites is 1. The molecule has 2 amide bonds. The number of allylic oxidation sites excluding steroid dienone is 6. The smallest absolute Gasteiger partial charge is 0.418 e. The number of aliphatic hydroxyl groups is 2. The fraction of sp³-hybridized carbons (Fsp3) is 0.587. The number of esters is 1. The number of ether oxygens (including phenoxy) is 12. The second-order valence-electron chi connectivity index (χ2n) is 37.1. The highest BCUT2D eigenvalue weighted by Gasteiger charge is 2.53. The highest BCUT2D eigenvalue weighted by Crippen LogP contribution is 2.42.